The first-order chi connectivity index (χ1) is 8.20. The van der Waals surface area contributed by atoms with Crippen LogP contribution in [0.2, 0.25) is 0 Å². The predicted molar refractivity (Wildman–Crippen MR) is 64.3 cm³/mol. The van der Waals surface area contributed by atoms with E-state index in [0.29, 0.717) is 16.6 Å². The molecule has 0 saturated heterocycles. The quantitative estimate of drug-likeness (QED) is 0.590. The van der Waals surface area contributed by atoms with Crippen molar-refractivity contribution in [3.8, 4) is 0 Å². The molecule has 0 bridgehead atoms. The van der Waals surface area contributed by atoms with Crippen molar-refractivity contribution in [3.05, 3.63) is 45.9 Å². The Hall–Kier alpha value is -1.31. The van der Waals surface area contributed by atoms with Gasteiger partial charge in [0.25, 0.3) is 0 Å². The van der Waals surface area contributed by atoms with Gasteiger partial charge in [0, 0.05) is 4.47 Å². The molecule has 7 heteroatoms. The van der Waals surface area contributed by atoms with Gasteiger partial charge in [-0.1, -0.05) is 22.0 Å². The maximum absolute atomic E-state index is 12.9. The molecule has 2 rings (SSSR count). The van der Waals surface area contributed by atoms with Crippen LogP contribution in [0.4, 0.5) is 4.39 Å². The minimum Gasteiger partial charge on any atom is -0.271 e. The summed E-state index contributed by atoms with van der Waals surface area (Å²) < 4.78 is 13.7. The number of hydrazine groups is 1. The van der Waals surface area contributed by atoms with E-state index in [-0.39, 0.29) is 11.9 Å². The Morgan fingerprint density at radius 2 is 2.35 bits per heavy atom. The molecule has 1 heterocycles. The van der Waals surface area contributed by atoms with Crippen LogP contribution in [0.3, 0.4) is 0 Å². The molecule has 17 heavy (non-hydrogen) atoms. The second-order valence-corrected chi connectivity index (χ2v) is 4.41. The maximum atomic E-state index is 12.9. The van der Waals surface area contributed by atoms with Crippen LogP contribution < -0.4 is 11.3 Å². The van der Waals surface area contributed by atoms with E-state index in [9.17, 15) is 4.39 Å². The van der Waals surface area contributed by atoms with E-state index in [4.69, 9.17) is 5.84 Å². The van der Waals surface area contributed by atoms with Gasteiger partial charge in [-0.2, -0.15) is 15.4 Å². The molecule has 4 N–H and O–H groups in total. The van der Waals surface area contributed by atoms with Crippen molar-refractivity contribution in [3.63, 3.8) is 0 Å². The van der Waals surface area contributed by atoms with Gasteiger partial charge in [-0.05, 0) is 24.1 Å². The fourth-order valence-electron chi connectivity index (χ4n) is 1.53. The summed E-state index contributed by atoms with van der Waals surface area (Å²) in [5.74, 6) is 5.19. The monoisotopic (exact) mass is 299 g/mol. The Balaban J connectivity index is 2.19. The summed E-state index contributed by atoms with van der Waals surface area (Å²) in [6.07, 6.45) is 2.19. The van der Waals surface area contributed by atoms with Crippen molar-refractivity contribution in [2.24, 2.45) is 5.84 Å². The van der Waals surface area contributed by atoms with E-state index < -0.39 is 0 Å². The van der Waals surface area contributed by atoms with E-state index in [1.165, 1.54) is 12.1 Å². The van der Waals surface area contributed by atoms with E-state index in [1.807, 2.05) is 0 Å². The number of hydrogen-bond donors (Lipinski definition) is 3. The van der Waals surface area contributed by atoms with Crippen molar-refractivity contribution in [1.82, 2.24) is 20.8 Å². The molecular formula is C10H11BrFN5. The van der Waals surface area contributed by atoms with Crippen molar-refractivity contribution in [2.75, 3.05) is 0 Å². The van der Waals surface area contributed by atoms with Crippen LogP contribution in [0, 0.1) is 5.82 Å². The molecule has 90 valence electrons. The molecule has 1 atom stereocenters. The zero-order valence-corrected chi connectivity index (χ0v) is 10.4. The van der Waals surface area contributed by atoms with Crippen LogP contribution >= 0.6 is 15.9 Å². The fourth-order valence-corrected chi connectivity index (χ4v) is 2.05. The lowest BCUT2D eigenvalue weighted by Gasteiger charge is -2.13. The first-order valence-corrected chi connectivity index (χ1v) is 5.75. The number of benzene rings is 1. The third-order valence-corrected chi connectivity index (χ3v) is 3.17. The molecule has 1 unspecified atom stereocenters. The Bertz CT molecular complexity index is 487. The molecule has 1 aromatic heterocycles. The third-order valence-electron chi connectivity index (χ3n) is 2.43. The molecule has 0 spiro atoms. The zero-order valence-electron chi connectivity index (χ0n) is 8.82. The second kappa shape index (κ2) is 5.35. The lowest BCUT2D eigenvalue weighted by molar-refractivity contribution is 0.535. The Morgan fingerprint density at radius 1 is 1.53 bits per heavy atom. The molecular weight excluding hydrogens is 289 g/mol. The molecule has 0 saturated carbocycles. The van der Waals surface area contributed by atoms with Crippen LogP contribution in [0.15, 0.2) is 28.9 Å². The van der Waals surface area contributed by atoms with Crippen molar-refractivity contribution in [2.45, 2.75) is 12.5 Å². The molecule has 0 aliphatic carbocycles. The highest BCUT2D eigenvalue weighted by molar-refractivity contribution is 9.10. The van der Waals surface area contributed by atoms with E-state index in [2.05, 4.69) is 36.8 Å². The average molecular weight is 300 g/mol. The molecule has 1 aromatic carbocycles. The van der Waals surface area contributed by atoms with E-state index in [1.54, 1.807) is 12.3 Å². The summed E-state index contributed by atoms with van der Waals surface area (Å²) in [5.41, 5.74) is 4.31. The molecule has 2 aromatic rings. The van der Waals surface area contributed by atoms with Gasteiger partial charge in [0.1, 0.15) is 11.5 Å². The first-order valence-electron chi connectivity index (χ1n) is 4.96. The fraction of sp³-hybridized carbons (Fsp3) is 0.200. The topological polar surface area (TPSA) is 79.6 Å². The van der Waals surface area contributed by atoms with Gasteiger partial charge in [-0.25, -0.2) is 4.39 Å². The van der Waals surface area contributed by atoms with Gasteiger partial charge in [-0.15, -0.1) is 0 Å². The lowest BCUT2D eigenvalue weighted by atomic mass is 10.0. The highest BCUT2D eigenvalue weighted by atomic mass is 79.9. The van der Waals surface area contributed by atoms with Gasteiger partial charge in [0.05, 0.1) is 12.2 Å². The lowest BCUT2D eigenvalue weighted by Crippen LogP contribution is -2.30. The predicted octanol–water partition coefficient (Wildman–Crippen LogP) is 1.45. The van der Waals surface area contributed by atoms with Crippen LogP contribution in [0.25, 0.3) is 0 Å². The number of nitrogens with one attached hydrogen (secondary N) is 2. The number of hydrogen-bond acceptors (Lipinski definition) is 4. The Labute approximate surface area is 106 Å². The smallest absolute Gasteiger partial charge is 0.124 e. The van der Waals surface area contributed by atoms with Gasteiger partial charge in [0.15, 0.2) is 0 Å². The van der Waals surface area contributed by atoms with Crippen LogP contribution in [0.5, 0.6) is 0 Å². The number of rotatable bonds is 4. The number of aromatic amines is 1. The molecule has 0 aliphatic heterocycles. The van der Waals surface area contributed by atoms with Gasteiger partial charge >= 0.3 is 0 Å². The summed E-state index contributed by atoms with van der Waals surface area (Å²) in [6.45, 7) is 0. The molecule has 5 nitrogen and oxygen atoms in total. The summed E-state index contributed by atoms with van der Waals surface area (Å²) in [6, 6.07) is 4.38. The summed E-state index contributed by atoms with van der Waals surface area (Å²) in [5, 5.41) is 10.2. The highest BCUT2D eigenvalue weighted by Crippen LogP contribution is 2.23. The number of aromatic nitrogens is 3. The van der Waals surface area contributed by atoms with Crippen LogP contribution in [0.1, 0.15) is 17.3 Å². The highest BCUT2D eigenvalue weighted by Gasteiger charge is 2.15. The van der Waals surface area contributed by atoms with E-state index in [0.717, 1.165) is 5.56 Å². The Kier molecular flexibility index (Phi) is 3.82. The Morgan fingerprint density at radius 3 is 2.94 bits per heavy atom. The molecule has 0 amide bonds. The number of halogens is 2. The van der Waals surface area contributed by atoms with Gasteiger partial charge < -0.3 is 0 Å². The van der Waals surface area contributed by atoms with Crippen molar-refractivity contribution in [1.29, 1.82) is 0 Å². The standard InChI is InChI=1S/C10H11BrFN5/c11-8-4-7(12)2-1-6(8)3-9(15-13)10-5-14-17-16-10/h1-2,4-5,9,15H,3,13H2,(H,14,16,17). The molecule has 0 radical (unpaired) electrons. The first kappa shape index (κ1) is 12.2. The maximum Gasteiger partial charge on any atom is 0.124 e. The minimum atomic E-state index is -0.278. The van der Waals surface area contributed by atoms with Crippen LogP contribution in [-0.4, -0.2) is 15.4 Å². The van der Waals surface area contributed by atoms with E-state index >= 15 is 0 Å². The zero-order chi connectivity index (χ0) is 12.3. The van der Waals surface area contributed by atoms with Crippen molar-refractivity contribution < 1.29 is 4.39 Å². The van der Waals surface area contributed by atoms with Crippen LogP contribution in [-0.2, 0) is 6.42 Å². The number of nitrogens with zero attached hydrogens (tertiary/aromatic N) is 2. The third kappa shape index (κ3) is 2.87. The summed E-state index contributed by atoms with van der Waals surface area (Å²) in [7, 11) is 0. The summed E-state index contributed by atoms with van der Waals surface area (Å²) in [4.78, 5) is 0. The second-order valence-electron chi connectivity index (χ2n) is 3.55. The minimum absolute atomic E-state index is 0.171. The number of H-pyrrole nitrogens is 1. The average Bonchev–Trinajstić information content (AvgIpc) is 2.81. The largest absolute Gasteiger partial charge is 0.271 e. The van der Waals surface area contributed by atoms with Crippen molar-refractivity contribution >= 4 is 15.9 Å². The SMILES string of the molecule is NNC(Cc1ccc(F)cc1Br)c1cn[nH]n1. The number of nitrogens with two attached hydrogens (primary N) is 1. The normalized spacial score (nSPS) is 12.6. The molecule has 0 aliphatic rings. The van der Waals surface area contributed by atoms with Gasteiger partial charge in [0.2, 0.25) is 0 Å². The van der Waals surface area contributed by atoms with Gasteiger partial charge in [-0.3, -0.25) is 11.3 Å². The molecule has 0 fully saturated rings. The summed E-state index contributed by atoms with van der Waals surface area (Å²) >= 11 is 3.32.